The number of aromatic carboxylic acids is 1. The van der Waals surface area contributed by atoms with Crippen molar-refractivity contribution in [3.8, 4) is 6.07 Å². The van der Waals surface area contributed by atoms with Crippen LogP contribution in [-0.2, 0) is 6.54 Å². The van der Waals surface area contributed by atoms with E-state index in [9.17, 15) is 9.59 Å². The molecule has 0 radical (unpaired) electrons. The van der Waals surface area contributed by atoms with Crippen molar-refractivity contribution in [2.45, 2.75) is 19.9 Å². The van der Waals surface area contributed by atoms with E-state index in [0.717, 1.165) is 5.56 Å². The fourth-order valence-electron chi connectivity index (χ4n) is 1.64. The third-order valence-electron chi connectivity index (χ3n) is 2.81. The molecule has 1 rings (SSSR count). The Morgan fingerprint density at radius 2 is 2.00 bits per heavy atom. The molecule has 0 aliphatic heterocycles. The molecule has 0 aromatic heterocycles. The predicted octanol–water partition coefficient (Wildman–Crippen LogP) is 1.83. The van der Waals surface area contributed by atoms with Crippen LogP contribution in [-0.4, -0.2) is 35.1 Å². The van der Waals surface area contributed by atoms with Gasteiger partial charge in [-0.15, -0.1) is 0 Å². The Bertz CT molecular complexity index is 505. The van der Waals surface area contributed by atoms with Gasteiger partial charge in [0.05, 0.1) is 18.1 Å². The van der Waals surface area contributed by atoms with Crippen molar-refractivity contribution in [1.82, 2.24) is 10.2 Å². The van der Waals surface area contributed by atoms with E-state index in [1.165, 1.54) is 12.1 Å². The molecule has 0 heterocycles. The highest BCUT2D eigenvalue weighted by atomic mass is 16.4. The minimum Gasteiger partial charge on any atom is -0.478 e. The van der Waals surface area contributed by atoms with Gasteiger partial charge in [0.25, 0.3) is 0 Å². The summed E-state index contributed by atoms with van der Waals surface area (Å²) in [5.74, 6) is -0.978. The summed E-state index contributed by atoms with van der Waals surface area (Å²) in [4.78, 5) is 24.1. The summed E-state index contributed by atoms with van der Waals surface area (Å²) >= 11 is 0. The average Bonchev–Trinajstić information content (AvgIpc) is 2.46. The first kappa shape index (κ1) is 15.5. The largest absolute Gasteiger partial charge is 0.478 e. The minimum absolute atomic E-state index is 0.212. The highest BCUT2D eigenvalue weighted by Gasteiger charge is 2.10. The van der Waals surface area contributed by atoms with Gasteiger partial charge >= 0.3 is 12.0 Å². The van der Waals surface area contributed by atoms with Crippen LogP contribution in [0.15, 0.2) is 24.3 Å². The van der Waals surface area contributed by atoms with Crippen molar-refractivity contribution in [3.05, 3.63) is 35.4 Å². The standard InChI is InChI=1S/C14H17N3O3/c1-2-17(9-3-8-15)14(20)16-10-11-4-6-12(7-5-11)13(18)19/h4-7H,2-3,9-10H2,1H3,(H,16,20)(H,18,19). The summed E-state index contributed by atoms with van der Waals surface area (Å²) in [6.45, 7) is 3.10. The third kappa shape index (κ3) is 4.61. The number of benzene rings is 1. The van der Waals surface area contributed by atoms with Crippen molar-refractivity contribution in [2.75, 3.05) is 13.1 Å². The second-order valence-corrected chi connectivity index (χ2v) is 4.15. The van der Waals surface area contributed by atoms with Crippen molar-refractivity contribution < 1.29 is 14.7 Å². The maximum atomic E-state index is 11.8. The smallest absolute Gasteiger partial charge is 0.335 e. The molecule has 0 saturated heterocycles. The van der Waals surface area contributed by atoms with Crippen LogP contribution in [0.4, 0.5) is 4.79 Å². The van der Waals surface area contributed by atoms with Crippen LogP contribution in [0.2, 0.25) is 0 Å². The van der Waals surface area contributed by atoms with Crippen LogP contribution in [0.1, 0.15) is 29.3 Å². The zero-order valence-corrected chi connectivity index (χ0v) is 11.3. The molecule has 6 nitrogen and oxygen atoms in total. The third-order valence-corrected chi connectivity index (χ3v) is 2.81. The number of rotatable bonds is 6. The Morgan fingerprint density at radius 1 is 1.35 bits per heavy atom. The SMILES string of the molecule is CCN(CCC#N)C(=O)NCc1ccc(C(=O)O)cc1. The summed E-state index contributed by atoms with van der Waals surface area (Å²) in [5, 5.41) is 20.0. The van der Waals surface area contributed by atoms with Crippen LogP contribution < -0.4 is 5.32 Å². The van der Waals surface area contributed by atoms with Crippen LogP contribution >= 0.6 is 0 Å². The van der Waals surface area contributed by atoms with Crippen LogP contribution in [0.3, 0.4) is 0 Å². The number of nitrogens with one attached hydrogen (secondary N) is 1. The van der Waals surface area contributed by atoms with Gasteiger partial charge in [0.2, 0.25) is 0 Å². The number of urea groups is 1. The summed E-state index contributed by atoms with van der Waals surface area (Å²) in [6.07, 6.45) is 0.300. The molecule has 2 amide bonds. The van der Waals surface area contributed by atoms with E-state index >= 15 is 0 Å². The lowest BCUT2D eigenvalue weighted by atomic mass is 10.1. The fourth-order valence-corrected chi connectivity index (χ4v) is 1.64. The lowest BCUT2D eigenvalue weighted by Gasteiger charge is -2.20. The molecule has 0 spiro atoms. The molecule has 0 saturated carbocycles. The zero-order valence-electron chi connectivity index (χ0n) is 11.3. The zero-order chi connectivity index (χ0) is 15.0. The predicted molar refractivity (Wildman–Crippen MR) is 73.1 cm³/mol. The number of carbonyl (C=O) groups excluding carboxylic acids is 1. The number of hydrogen-bond donors (Lipinski definition) is 2. The normalized spacial score (nSPS) is 9.60. The second-order valence-electron chi connectivity index (χ2n) is 4.15. The quantitative estimate of drug-likeness (QED) is 0.828. The summed E-state index contributed by atoms with van der Waals surface area (Å²) in [6, 6.07) is 8.09. The number of amides is 2. The molecule has 0 bridgehead atoms. The molecule has 106 valence electrons. The lowest BCUT2D eigenvalue weighted by Crippen LogP contribution is -2.39. The Balaban J connectivity index is 2.51. The number of nitriles is 1. The molecule has 0 aliphatic carbocycles. The highest BCUT2D eigenvalue weighted by molar-refractivity contribution is 5.87. The molecule has 1 aromatic carbocycles. The molecule has 0 atom stereocenters. The number of carboxylic acids is 1. The van der Waals surface area contributed by atoms with Gasteiger partial charge in [0.1, 0.15) is 0 Å². The maximum absolute atomic E-state index is 11.8. The first-order valence-corrected chi connectivity index (χ1v) is 6.30. The minimum atomic E-state index is -0.978. The molecular weight excluding hydrogens is 258 g/mol. The fraction of sp³-hybridized carbons (Fsp3) is 0.357. The van der Waals surface area contributed by atoms with E-state index in [1.807, 2.05) is 13.0 Å². The van der Waals surface area contributed by atoms with E-state index in [0.29, 0.717) is 26.1 Å². The Labute approximate surface area is 117 Å². The molecule has 0 fully saturated rings. The van der Waals surface area contributed by atoms with Gasteiger partial charge in [0.15, 0.2) is 0 Å². The van der Waals surface area contributed by atoms with Gasteiger partial charge in [-0.05, 0) is 24.6 Å². The van der Waals surface area contributed by atoms with Crippen LogP contribution in [0, 0.1) is 11.3 Å². The van der Waals surface area contributed by atoms with E-state index in [4.69, 9.17) is 10.4 Å². The molecular formula is C14H17N3O3. The average molecular weight is 275 g/mol. The highest BCUT2D eigenvalue weighted by Crippen LogP contribution is 2.04. The van der Waals surface area contributed by atoms with Gasteiger partial charge < -0.3 is 15.3 Å². The Hall–Kier alpha value is -2.55. The van der Waals surface area contributed by atoms with E-state index in [-0.39, 0.29) is 11.6 Å². The summed E-state index contributed by atoms with van der Waals surface area (Å²) in [5.41, 5.74) is 1.03. The van der Waals surface area contributed by atoms with Crippen molar-refractivity contribution >= 4 is 12.0 Å². The molecule has 6 heteroatoms. The number of hydrogen-bond acceptors (Lipinski definition) is 3. The number of carbonyl (C=O) groups is 2. The first-order chi connectivity index (χ1) is 9.58. The van der Waals surface area contributed by atoms with E-state index in [2.05, 4.69) is 5.32 Å². The van der Waals surface area contributed by atoms with E-state index in [1.54, 1.807) is 17.0 Å². The Morgan fingerprint density at radius 3 is 2.50 bits per heavy atom. The summed E-state index contributed by atoms with van der Waals surface area (Å²) < 4.78 is 0. The van der Waals surface area contributed by atoms with Gasteiger partial charge in [-0.25, -0.2) is 9.59 Å². The number of carboxylic acid groups (broad SMARTS) is 1. The van der Waals surface area contributed by atoms with Gasteiger partial charge in [-0.1, -0.05) is 12.1 Å². The van der Waals surface area contributed by atoms with Crippen molar-refractivity contribution in [1.29, 1.82) is 5.26 Å². The monoisotopic (exact) mass is 275 g/mol. The molecule has 0 aliphatic rings. The molecule has 20 heavy (non-hydrogen) atoms. The van der Waals surface area contributed by atoms with Crippen LogP contribution in [0.5, 0.6) is 0 Å². The van der Waals surface area contributed by atoms with Gasteiger partial charge in [-0.3, -0.25) is 0 Å². The first-order valence-electron chi connectivity index (χ1n) is 6.30. The molecule has 0 unspecified atom stereocenters. The van der Waals surface area contributed by atoms with E-state index < -0.39 is 5.97 Å². The van der Waals surface area contributed by atoms with Gasteiger partial charge in [0, 0.05) is 19.6 Å². The molecule has 1 aromatic rings. The van der Waals surface area contributed by atoms with Crippen LogP contribution in [0.25, 0.3) is 0 Å². The van der Waals surface area contributed by atoms with Gasteiger partial charge in [-0.2, -0.15) is 5.26 Å². The topological polar surface area (TPSA) is 93.4 Å². The maximum Gasteiger partial charge on any atom is 0.335 e. The lowest BCUT2D eigenvalue weighted by molar-refractivity contribution is 0.0697. The van der Waals surface area contributed by atoms with Crippen molar-refractivity contribution in [2.24, 2.45) is 0 Å². The second kappa shape index (κ2) is 7.79. The number of nitrogens with zero attached hydrogens (tertiary/aromatic N) is 2. The Kier molecular flexibility index (Phi) is 6.04. The molecule has 2 N–H and O–H groups in total. The summed E-state index contributed by atoms with van der Waals surface area (Å²) in [7, 11) is 0. The van der Waals surface area contributed by atoms with Crippen molar-refractivity contribution in [3.63, 3.8) is 0 Å².